The summed E-state index contributed by atoms with van der Waals surface area (Å²) in [6, 6.07) is 15.3. The first-order chi connectivity index (χ1) is 16.3. The zero-order valence-corrected chi connectivity index (χ0v) is 19.2. The first-order valence-electron chi connectivity index (χ1n) is 10.2. The molecule has 1 aliphatic rings. The van der Waals surface area contributed by atoms with E-state index in [-0.39, 0.29) is 34.7 Å². The largest absolute Gasteiger partial charge is 0.422 e. The molecule has 1 saturated heterocycles. The quantitative estimate of drug-likeness (QED) is 0.212. The molecule has 4 rings (SSSR count). The topological polar surface area (TPSA) is 101 Å². The Labute approximate surface area is 203 Å². The zero-order chi connectivity index (χ0) is 24.2. The molecule has 2 heterocycles. The van der Waals surface area contributed by atoms with Gasteiger partial charge in [0.2, 0.25) is 11.8 Å². The number of carbonyl (C=O) groups excluding carboxylic acids is 5. The van der Waals surface area contributed by atoms with E-state index >= 15 is 0 Å². The summed E-state index contributed by atoms with van der Waals surface area (Å²) in [7, 11) is 0. The smallest absolute Gasteiger partial charge is 0.353 e. The van der Waals surface area contributed by atoms with Crippen LogP contribution < -0.4 is 4.74 Å². The van der Waals surface area contributed by atoms with Gasteiger partial charge in [-0.15, -0.1) is 11.3 Å². The monoisotopic (exact) mass is 496 g/mol. The highest BCUT2D eigenvalue weighted by Crippen LogP contribution is 2.23. The van der Waals surface area contributed by atoms with E-state index in [0.29, 0.717) is 9.89 Å². The second kappa shape index (κ2) is 9.98. The van der Waals surface area contributed by atoms with Crippen LogP contribution >= 0.6 is 22.9 Å². The summed E-state index contributed by atoms with van der Waals surface area (Å²) in [6.07, 6.45) is -0.104. The minimum absolute atomic E-state index is 0.0520. The highest BCUT2D eigenvalue weighted by atomic mass is 35.5. The van der Waals surface area contributed by atoms with E-state index in [0.717, 1.165) is 5.01 Å². The molecule has 0 aliphatic carbocycles. The third-order valence-electron chi connectivity index (χ3n) is 5.01. The van der Waals surface area contributed by atoms with Crippen LogP contribution in [0.2, 0.25) is 5.02 Å². The number of Topliss-reactive ketones (excluding diaryl/α,β-unsaturated/α-hetero) is 1. The summed E-state index contributed by atoms with van der Waals surface area (Å²) in [5, 5.41) is 3.41. The van der Waals surface area contributed by atoms with Gasteiger partial charge < -0.3 is 4.74 Å². The summed E-state index contributed by atoms with van der Waals surface area (Å²) in [4.78, 5) is 63.3. The van der Waals surface area contributed by atoms with E-state index in [4.69, 9.17) is 16.3 Å². The maximum atomic E-state index is 13.2. The lowest BCUT2D eigenvalue weighted by molar-refractivity contribution is -0.152. The second-order valence-electron chi connectivity index (χ2n) is 7.26. The van der Waals surface area contributed by atoms with Crippen molar-refractivity contribution in [2.45, 2.75) is 12.8 Å². The fourth-order valence-corrected chi connectivity index (χ4v) is 4.14. The number of benzene rings is 2. The highest BCUT2D eigenvalue weighted by molar-refractivity contribution is 7.12. The first-order valence-corrected chi connectivity index (χ1v) is 11.4. The lowest BCUT2D eigenvalue weighted by atomic mass is 10.1. The van der Waals surface area contributed by atoms with Gasteiger partial charge in [0.1, 0.15) is 17.2 Å². The number of amides is 3. The average molecular weight is 497 g/mol. The molecule has 0 saturated carbocycles. The molecule has 0 spiro atoms. The third-order valence-corrected chi connectivity index (χ3v) is 6.19. The molecule has 0 N–H and O–H groups in total. The van der Waals surface area contributed by atoms with Gasteiger partial charge in [-0.3, -0.25) is 19.2 Å². The molecule has 172 valence electrons. The van der Waals surface area contributed by atoms with E-state index in [1.54, 1.807) is 29.6 Å². The number of rotatable bonds is 7. The van der Waals surface area contributed by atoms with Crippen LogP contribution in [-0.4, -0.2) is 46.0 Å². The molecule has 0 unspecified atom stereocenters. The van der Waals surface area contributed by atoms with Crippen LogP contribution in [0.15, 0.2) is 66.0 Å². The van der Waals surface area contributed by atoms with Crippen molar-refractivity contribution in [3.8, 4) is 5.75 Å². The van der Waals surface area contributed by atoms with Gasteiger partial charge in [0.05, 0.1) is 10.6 Å². The summed E-state index contributed by atoms with van der Waals surface area (Å²) in [5.74, 6) is -2.70. The van der Waals surface area contributed by atoms with Gasteiger partial charge in [-0.05, 0) is 47.8 Å². The van der Waals surface area contributed by atoms with Crippen LogP contribution in [0.4, 0.5) is 0 Å². The standard InChI is InChI=1S/C24H17ClN2O6S/c25-18-5-2-1-4-17(18)23(31)26(27-21(29)11-12-22(27)30)14-19(28)15-7-9-16(10-8-15)33-24(32)20-6-3-13-34-20/h1-10,13H,11-12,14H2. The highest BCUT2D eigenvalue weighted by Gasteiger charge is 2.38. The Morgan fingerprint density at radius 1 is 0.941 bits per heavy atom. The molecular weight excluding hydrogens is 480 g/mol. The second-order valence-corrected chi connectivity index (χ2v) is 8.61. The summed E-state index contributed by atoms with van der Waals surface area (Å²) in [6.45, 7) is -0.560. The first kappa shape index (κ1) is 23.3. The van der Waals surface area contributed by atoms with Crippen LogP contribution in [0.5, 0.6) is 5.75 Å². The lowest BCUT2D eigenvalue weighted by Crippen LogP contribution is -2.51. The van der Waals surface area contributed by atoms with Crippen molar-refractivity contribution in [2.75, 3.05) is 6.54 Å². The van der Waals surface area contributed by atoms with E-state index in [2.05, 4.69) is 0 Å². The Morgan fingerprint density at radius 2 is 1.62 bits per heavy atom. The molecule has 2 aromatic carbocycles. The van der Waals surface area contributed by atoms with Gasteiger partial charge >= 0.3 is 5.97 Å². The molecule has 3 amide bonds. The summed E-state index contributed by atoms with van der Waals surface area (Å²) >= 11 is 7.37. The van der Waals surface area contributed by atoms with Crippen LogP contribution in [0.3, 0.4) is 0 Å². The third kappa shape index (κ3) is 4.90. The maximum Gasteiger partial charge on any atom is 0.353 e. The number of hydrogen-bond acceptors (Lipinski definition) is 7. The van der Waals surface area contributed by atoms with Crippen molar-refractivity contribution in [3.05, 3.63) is 87.1 Å². The van der Waals surface area contributed by atoms with Gasteiger partial charge in [0.15, 0.2) is 5.78 Å². The van der Waals surface area contributed by atoms with Crippen LogP contribution in [0.1, 0.15) is 43.2 Å². The molecule has 1 fully saturated rings. The van der Waals surface area contributed by atoms with Crippen molar-refractivity contribution in [1.29, 1.82) is 0 Å². The number of hydrazine groups is 1. The zero-order valence-electron chi connectivity index (χ0n) is 17.6. The molecule has 8 nitrogen and oxygen atoms in total. The number of carbonyl (C=O) groups is 5. The van der Waals surface area contributed by atoms with E-state index in [1.807, 2.05) is 0 Å². The number of ketones is 1. The van der Waals surface area contributed by atoms with Crippen molar-refractivity contribution >= 4 is 52.4 Å². The molecule has 0 atom stereocenters. The number of thiophene rings is 1. The van der Waals surface area contributed by atoms with E-state index in [9.17, 15) is 24.0 Å². The van der Waals surface area contributed by atoms with E-state index in [1.165, 1.54) is 47.7 Å². The fourth-order valence-electron chi connectivity index (χ4n) is 3.33. The number of halogens is 1. The number of esters is 1. The predicted molar refractivity (Wildman–Crippen MR) is 124 cm³/mol. The SMILES string of the molecule is O=C(CN(C(=O)c1ccccc1Cl)N1C(=O)CCC1=O)c1ccc(OC(=O)c2cccs2)cc1. The molecule has 3 aromatic rings. The van der Waals surface area contributed by atoms with Crippen LogP contribution in [-0.2, 0) is 9.59 Å². The van der Waals surface area contributed by atoms with Gasteiger partial charge in [-0.25, -0.2) is 9.80 Å². The van der Waals surface area contributed by atoms with Crippen molar-refractivity contribution < 1.29 is 28.7 Å². The number of hydrogen-bond donors (Lipinski definition) is 0. The molecule has 34 heavy (non-hydrogen) atoms. The minimum Gasteiger partial charge on any atom is -0.422 e. The normalized spacial score (nSPS) is 13.1. The fraction of sp³-hybridized carbons (Fsp3) is 0.125. The molecule has 1 aliphatic heterocycles. The summed E-state index contributed by atoms with van der Waals surface area (Å²) < 4.78 is 5.28. The Morgan fingerprint density at radius 3 is 2.24 bits per heavy atom. The number of imide groups is 1. The van der Waals surface area contributed by atoms with Crippen molar-refractivity contribution in [1.82, 2.24) is 10.0 Å². The Hall–Kier alpha value is -3.82. The molecule has 0 bridgehead atoms. The van der Waals surface area contributed by atoms with Gasteiger partial charge in [-0.2, -0.15) is 5.01 Å². The number of nitrogens with zero attached hydrogens (tertiary/aromatic N) is 2. The lowest BCUT2D eigenvalue weighted by Gasteiger charge is -2.29. The minimum atomic E-state index is -0.746. The van der Waals surface area contributed by atoms with Crippen LogP contribution in [0, 0.1) is 0 Å². The molecule has 10 heteroatoms. The molecular formula is C24H17ClN2O6S. The molecule has 1 aromatic heterocycles. The predicted octanol–water partition coefficient (Wildman–Crippen LogP) is 4.01. The van der Waals surface area contributed by atoms with Gasteiger partial charge in [-0.1, -0.05) is 29.8 Å². The summed E-state index contributed by atoms with van der Waals surface area (Å²) in [5.41, 5.74) is 0.257. The van der Waals surface area contributed by atoms with Crippen LogP contribution in [0.25, 0.3) is 0 Å². The maximum absolute atomic E-state index is 13.2. The number of ether oxygens (including phenoxy) is 1. The van der Waals surface area contributed by atoms with Gasteiger partial charge in [0.25, 0.3) is 5.91 Å². The Bertz CT molecular complexity index is 1260. The molecule has 0 radical (unpaired) electrons. The van der Waals surface area contributed by atoms with Gasteiger partial charge in [0, 0.05) is 18.4 Å². The Balaban J connectivity index is 1.54. The Kier molecular flexibility index (Phi) is 6.85. The van der Waals surface area contributed by atoms with Crippen molar-refractivity contribution in [3.63, 3.8) is 0 Å². The van der Waals surface area contributed by atoms with Crippen molar-refractivity contribution in [2.24, 2.45) is 0 Å². The average Bonchev–Trinajstić information content (AvgIpc) is 3.48. The van der Waals surface area contributed by atoms with E-state index < -0.39 is 36.0 Å².